The van der Waals surface area contributed by atoms with E-state index < -0.39 is 0 Å². The van der Waals surface area contributed by atoms with Gasteiger partial charge in [0.2, 0.25) is 5.95 Å². The predicted molar refractivity (Wildman–Crippen MR) is 557 cm³/mol. The maximum Gasteiger partial charge on any atom is 0.225 e. The second-order valence-electron chi connectivity index (χ2n) is 30.1. The van der Waals surface area contributed by atoms with Crippen LogP contribution in [0.5, 0.6) is 0 Å². The number of rotatable bonds is 7. The number of nitrogens with two attached hydrogens (primary N) is 3. The number of aliphatic hydroxyl groups is 2. The number of fused-ring (bicyclic) bond motifs is 4. The molecular weight excluding hydrogens is 1930 g/mol. The van der Waals surface area contributed by atoms with Gasteiger partial charge < -0.3 is 51.9 Å². The zero-order valence-corrected chi connectivity index (χ0v) is 86.4. The maximum absolute atomic E-state index is 11.6. The summed E-state index contributed by atoms with van der Waals surface area (Å²) in [6, 6.07) is 28.3. The third-order valence-corrected chi connectivity index (χ3v) is 25.8. The Morgan fingerprint density at radius 2 is 0.569 bits per heavy atom. The highest BCUT2D eigenvalue weighted by Crippen LogP contribution is 2.28. The molecule has 0 spiro atoms. The molecule has 7 aromatic rings. The minimum atomic E-state index is -0.0510. The highest BCUT2D eigenvalue weighted by atomic mass is 32.2. The van der Waals surface area contributed by atoms with Crippen LogP contribution in [0.4, 0.5) is 5.95 Å². The molecule has 16 rings (SSSR count). The van der Waals surface area contributed by atoms with Crippen LogP contribution in [0.15, 0.2) is 151 Å². The van der Waals surface area contributed by atoms with Gasteiger partial charge in [-0.3, -0.25) is 83.4 Å². The van der Waals surface area contributed by atoms with E-state index in [-0.39, 0.29) is 125 Å². The molecule has 13 heterocycles. The number of aryl methyl sites for hydroxylation is 2. The van der Waals surface area contributed by atoms with E-state index in [1.165, 1.54) is 63.7 Å². The van der Waals surface area contributed by atoms with E-state index in [4.69, 9.17) is 43.6 Å². The minimum absolute atomic E-state index is 0.0510. The number of nitrogens with zero attached hydrogens (tertiary/aromatic N) is 13. The number of aliphatic hydroxyl groups excluding tert-OH is 2. The number of hydrogen-bond acceptors (Lipinski definition) is 40. The average molecular weight is 2050 g/mol. The summed E-state index contributed by atoms with van der Waals surface area (Å²) in [4.78, 5) is 197. The number of thioether (sulfide) groups is 9. The number of carbonyl (C=O) groups is 14. The second-order valence-corrected chi connectivity index (χ2v) is 38.9. The van der Waals surface area contributed by atoms with E-state index >= 15 is 0 Å². The minimum Gasteiger partial charge on any atom is -0.397 e. The lowest BCUT2D eigenvalue weighted by Gasteiger charge is -2.16. The molecule has 3 aromatic carbocycles. The van der Waals surface area contributed by atoms with Gasteiger partial charge in [0.25, 0.3) is 0 Å². The van der Waals surface area contributed by atoms with Crippen molar-refractivity contribution in [3.8, 4) is 11.4 Å². The number of aromatic nitrogens is 8. The first-order valence-electron chi connectivity index (χ1n) is 41.9. The summed E-state index contributed by atoms with van der Waals surface area (Å²) in [5, 5.41) is 35.8. The van der Waals surface area contributed by atoms with Gasteiger partial charge in [-0.15, -0.1) is 106 Å². The third kappa shape index (κ3) is 47.8. The van der Waals surface area contributed by atoms with Gasteiger partial charge in [-0.1, -0.05) is 91.0 Å². The van der Waals surface area contributed by atoms with Gasteiger partial charge in [-0.25, -0.2) is 39.9 Å². The van der Waals surface area contributed by atoms with Gasteiger partial charge in [0.15, 0.2) is 69.6 Å². The number of amidine groups is 2. The first-order chi connectivity index (χ1) is 65.0. The monoisotopic (exact) mass is 2050 g/mol. The fraction of sp³-hybridized carbons (Fsp3) is 0.387. The largest absolute Gasteiger partial charge is 0.397 e. The Morgan fingerprint density at radius 1 is 0.336 bits per heavy atom. The lowest BCUT2D eigenvalue weighted by atomic mass is 10.1. The number of nitrogen functional groups attached to an aromatic ring is 2. The van der Waals surface area contributed by atoms with E-state index in [0.29, 0.717) is 131 Å². The number of benzene rings is 3. The fourth-order valence-corrected chi connectivity index (χ4v) is 18.0. The standard InChI is InChI=1S/C13H10N2OS.C9H11N3OS.2C8H8N2OS.3C8H11NO2S.2C7H8N2.2C5H6O2S.C3H9N3.2C2H6O/c16-12-8-17-7-11-10(12)6-14-13(15-11)9-4-2-1-3-5-9;1-12(2)9-10-3-6-7(11-9)4-14-5-8(6)13;2*1-5-9-2-6-7(10-5)3-12-4-8(6)11;3*1-9(2)3-6-7(10)4-12-5-8(6)11;2*8-7(9)6-4-2-1-3-5-6;2*6-4-1-5(7)3-8-2-4;1-6(2)3(4)5;2*1-2-3/h1-6H,7-8H2;3H,4-5H2,1-2H3;2*2H,3-4H2,1H3;3*3H,4-5H2,1-2H3;2*1-5H,(H3,8,9);2*1-3H2;1-2H3,(H3,4,5);2*3H,2H2,1H3. The van der Waals surface area contributed by atoms with Crippen molar-refractivity contribution in [2.75, 3.05) is 169 Å². The Labute approximate surface area is 837 Å². The van der Waals surface area contributed by atoms with Gasteiger partial charge in [0, 0.05) is 167 Å². The highest BCUT2D eigenvalue weighted by Gasteiger charge is 2.28. The second kappa shape index (κ2) is 66.6. The SMILES string of the molecule is CCO.CCO.CN(C)C(=N)N.CN(C)C=C1C(=O)CSCC1=O.CN(C)C=C1C(=O)CSCC1=O.CN(C)C=C1C(=O)CSCC1=O.CN(C)c1ncc2c(n1)CSCC2=O.Cc1ncc2c(n1)CSCC2=O.Cc1ncc2c(n1)CSCC2=O.N=C(N)c1ccccc1.N=C(N)c1ccccc1.O=C1CSCC(=O)C1.O=C1CSCC(=O)C1.O=C1CSCc2nc(-c3ccccc3)ncc21. The Kier molecular flexibility index (Phi) is 58.4. The Hall–Kier alpha value is -10.9. The summed E-state index contributed by atoms with van der Waals surface area (Å²) in [7, 11) is 18.0. The van der Waals surface area contributed by atoms with Crippen molar-refractivity contribution in [2.24, 2.45) is 17.2 Å². The first-order valence-corrected chi connectivity index (χ1v) is 52.3. The summed E-state index contributed by atoms with van der Waals surface area (Å²) >= 11 is 13.4. The summed E-state index contributed by atoms with van der Waals surface area (Å²) in [6.45, 7) is 7.54. The van der Waals surface area contributed by atoms with Crippen molar-refractivity contribution in [3.63, 3.8) is 0 Å². The molecule has 0 aliphatic carbocycles. The van der Waals surface area contributed by atoms with Gasteiger partial charge in [0.05, 0.1) is 155 Å². The van der Waals surface area contributed by atoms with Crippen LogP contribution in [-0.2, 0) is 71.0 Å². The van der Waals surface area contributed by atoms with Crippen molar-refractivity contribution < 1.29 is 77.3 Å². The molecule has 5 fully saturated rings. The highest BCUT2D eigenvalue weighted by molar-refractivity contribution is 8.02. The maximum atomic E-state index is 11.6. The van der Waals surface area contributed by atoms with Crippen molar-refractivity contribution in [2.45, 2.75) is 63.5 Å². The van der Waals surface area contributed by atoms with Crippen LogP contribution in [0.1, 0.15) is 114 Å². The van der Waals surface area contributed by atoms with E-state index in [1.807, 2.05) is 124 Å². The molecule has 5 saturated heterocycles. The molecule has 0 radical (unpaired) electrons. The number of Topliss-reactive ketones (excluding diaryl/α,β-unsaturated/α-hetero) is 14. The van der Waals surface area contributed by atoms with Crippen LogP contribution >= 0.6 is 106 Å². The molecule has 9 aliphatic heterocycles. The van der Waals surface area contributed by atoms with Crippen LogP contribution in [0.25, 0.3) is 11.4 Å². The lowest BCUT2D eigenvalue weighted by Crippen LogP contribution is -2.28. The molecule has 4 aromatic heterocycles. The Bertz CT molecular complexity index is 5050. The molecule has 11 N–H and O–H groups in total. The molecule has 0 amide bonds. The van der Waals surface area contributed by atoms with Crippen molar-refractivity contribution in [1.29, 1.82) is 16.2 Å². The summed E-state index contributed by atoms with van der Waals surface area (Å²) in [5.74, 6) is 14.0. The smallest absolute Gasteiger partial charge is 0.225 e. The number of allylic oxidation sites excluding steroid dienone is 3. The number of ketones is 14. The van der Waals surface area contributed by atoms with E-state index in [1.54, 1.807) is 175 Å². The molecular formula is C93H119N19O16S9. The topological polar surface area (TPSA) is 548 Å². The van der Waals surface area contributed by atoms with Crippen LogP contribution in [0, 0.1) is 30.1 Å². The van der Waals surface area contributed by atoms with Crippen LogP contribution in [-0.4, -0.2) is 333 Å². The van der Waals surface area contributed by atoms with Crippen molar-refractivity contribution >= 4 is 210 Å². The number of nitrogens with one attached hydrogen (secondary N) is 3. The quantitative estimate of drug-likeness (QED) is 0.0243. The third-order valence-electron chi connectivity index (χ3n) is 17.1. The van der Waals surface area contributed by atoms with E-state index in [0.717, 1.165) is 74.1 Å². The Morgan fingerprint density at radius 3 is 0.810 bits per heavy atom. The number of guanidine groups is 1. The summed E-state index contributed by atoms with van der Waals surface area (Å²) in [6.07, 6.45) is 11.7. The molecule has 736 valence electrons. The molecule has 0 unspecified atom stereocenters. The number of anilines is 1. The number of carbonyl (C=O) groups excluding carboxylic acids is 14. The van der Waals surface area contributed by atoms with Crippen LogP contribution in [0.2, 0.25) is 0 Å². The molecule has 9 aliphatic rings. The van der Waals surface area contributed by atoms with Gasteiger partial charge in [-0.2, -0.15) is 0 Å². The van der Waals surface area contributed by atoms with Gasteiger partial charge >= 0.3 is 0 Å². The number of hydrogen-bond donors (Lipinski definition) is 8. The zero-order valence-electron chi connectivity index (χ0n) is 79.1. The van der Waals surface area contributed by atoms with E-state index in [9.17, 15) is 67.1 Å². The van der Waals surface area contributed by atoms with Crippen LogP contribution in [0.3, 0.4) is 0 Å². The first kappa shape index (κ1) is 120. The molecule has 137 heavy (non-hydrogen) atoms. The molecule has 0 bridgehead atoms. The molecule has 35 nitrogen and oxygen atoms in total. The Balaban J connectivity index is 0.000000385. The summed E-state index contributed by atoms with van der Waals surface area (Å²) in [5.41, 5.74) is 25.2. The lowest BCUT2D eigenvalue weighted by molar-refractivity contribution is -0.126. The van der Waals surface area contributed by atoms with Crippen molar-refractivity contribution in [3.05, 3.63) is 219 Å². The van der Waals surface area contributed by atoms with E-state index in [2.05, 4.69) is 39.9 Å². The summed E-state index contributed by atoms with van der Waals surface area (Å²) < 4.78 is 0. The normalized spacial score (nSPS) is 15.1. The zero-order chi connectivity index (χ0) is 102. The molecule has 44 heteroatoms. The van der Waals surface area contributed by atoms with Gasteiger partial charge in [-0.05, 0) is 27.7 Å². The predicted octanol–water partition coefficient (Wildman–Crippen LogP) is 8.83. The fourth-order valence-electron chi connectivity index (χ4n) is 10.7. The molecule has 0 saturated carbocycles. The van der Waals surface area contributed by atoms with Gasteiger partial charge in [0.1, 0.15) is 46.5 Å². The molecule has 0 atom stereocenters. The van der Waals surface area contributed by atoms with Crippen molar-refractivity contribution in [1.82, 2.24) is 59.5 Å². The average Bonchev–Trinajstić information content (AvgIpc) is 0.804. The van der Waals surface area contributed by atoms with Crippen LogP contribution < -0.4 is 22.1 Å².